The van der Waals surface area contributed by atoms with E-state index in [2.05, 4.69) is 78.4 Å². The van der Waals surface area contributed by atoms with Crippen LogP contribution in [0, 0.1) is 0 Å². The molecule has 1 saturated heterocycles. The lowest BCUT2D eigenvalue weighted by Gasteiger charge is -2.34. The minimum Gasteiger partial charge on any atom is -0.357 e. The Bertz CT molecular complexity index is 992. The number of hydrogen-bond acceptors (Lipinski definition) is 5. The van der Waals surface area contributed by atoms with Gasteiger partial charge in [-0.2, -0.15) is 0 Å². The third kappa shape index (κ3) is 6.68. The molecule has 176 valence electrons. The standard InChI is InChI=1S/C25H36N8/c1-2-26-24(28-14-7-16-32-17-10-22-8-3-4-9-23(22)32)27-13-6-15-31-18-20-33(21-19-31)25-29-11-5-12-30-25/h3-5,8-12,17H,2,6-7,13-16,18-21H2,1H3,(H2,26,27,28). The summed E-state index contributed by atoms with van der Waals surface area (Å²) < 4.78 is 2.31. The number of guanidine groups is 1. The molecule has 8 heteroatoms. The number of aliphatic imine (C=N–C) groups is 1. The molecule has 2 aromatic heterocycles. The van der Waals surface area contributed by atoms with Gasteiger partial charge in [0.2, 0.25) is 5.95 Å². The number of benzene rings is 1. The molecule has 1 fully saturated rings. The largest absolute Gasteiger partial charge is 0.357 e. The third-order valence-electron chi connectivity index (χ3n) is 6.00. The number of nitrogens with zero attached hydrogens (tertiary/aromatic N) is 6. The number of piperazine rings is 1. The molecule has 2 N–H and O–H groups in total. The van der Waals surface area contributed by atoms with E-state index in [4.69, 9.17) is 4.99 Å². The van der Waals surface area contributed by atoms with Crippen LogP contribution in [-0.2, 0) is 6.54 Å². The van der Waals surface area contributed by atoms with Crippen molar-refractivity contribution in [2.75, 3.05) is 57.3 Å². The predicted molar refractivity (Wildman–Crippen MR) is 136 cm³/mol. The van der Waals surface area contributed by atoms with Crippen molar-refractivity contribution in [1.82, 2.24) is 30.1 Å². The highest BCUT2D eigenvalue weighted by Gasteiger charge is 2.18. The zero-order valence-corrected chi connectivity index (χ0v) is 19.7. The summed E-state index contributed by atoms with van der Waals surface area (Å²) in [5, 5.41) is 8.16. The summed E-state index contributed by atoms with van der Waals surface area (Å²) in [4.78, 5) is 18.3. The van der Waals surface area contributed by atoms with Gasteiger partial charge in [0.1, 0.15) is 0 Å². The van der Waals surface area contributed by atoms with Gasteiger partial charge in [-0.3, -0.25) is 9.89 Å². The summed E-state index contributed by atoms with van der Waals surface area (Å²) in [6.07, 6.45) is 7.91. The minimum absolute atomic E-state index is 0.811. The van der Waals surface area contributed by atoms with E-state index in [-0.39, 0.29) is 0 Å². The molecule has 0 atom stereocenters. The number of fused-ring (bicyclic) bond motifs is 1. The molecule has 0 saturated carbocycles. The van der Waals surface area contributed by atoms with Crippen LogP contribution in [0.15, 0.2) is 60.0 Å². The van der Waals surface area contributed by atoms with E-state index in [9.17, 15) is 0 Å². The number of nitrogens with one attached hydrogen (secondary N) is 2. The molecular weight excluding hydrogens is 412 g/mol. The molecule has 4 rings (SSSR count). The van der Waals surface area contributed by atoms with Gasteiger partial charge in [-0.15, -0.1) is 0 Å². The monoisotopic (exact) mass is 448 g/mol. The lowest BCUT2D eigenvalue weighted by Crippen LogP contribution is -2.47. The SMILES string of the molecule is CCNC(=NCCCn1ccc2ccccc21)NCCCN1CCN(c2ncccn2)CC1. The number of aryl methyl sites for hydroxylation is 1. The summed E-state index contributed by atoms with van der Waals surface area (Å²) in [7, 11) is 0. The second-order valence-electron chi connectivity index (χ2n) is 8.34. The van der Waals surface area contributed by atoms with Crippen LogP contribution >= 0.6 is 0 Å². The second kappa shape index (κ2) is 12.2. The fourth-order valence-corrected chi connectivity index (χ4v) is 4.24. The Hall–Kier alpha value is -3.13. The van der Waals surface area contributed by atoms with E-state index in [0.29, 0.717) is 0 Å². The quantitative estimate of drug-likeness (QED) is 0.282. The highest BCUT2D eigenvalue weighted by Crippen LogP contribution is 2.15. The van der Waals surface area contributed by atoms with Gasteiger partial charge < -0.3 is 20.1 Å². The van der Waals surface area contributed by atoms with Gasteiger partial charge in [0, 0.05) is 76.5 Å². The van der Waals surface area contributed by atoms with Crippen molar-refractivity contribution in [3.63, 3.8) is 0 Å². The molecule has 0 bridgehead atoms. The van der Waals surface area contributed by atoms with Gasteiger partial charge in [0.15, 0.2) is 5.96 Å². The molecule has 3 heterocycles. The van der Waals surface area contributed by atoms with Gasteiger partial charge in [-0.25, -0.2) is 9.97 Å². The molecule has 33 heavy (non-hydrogen) atoms. The lowest BCUT2D eigenvalue weighted by molar-refractivity contribution is 0.254. The van der Waals surface area contributed by atoms with Gasteiger partial charge in [0.25, 0.3) is 0 Å². The number of anilines is 1. The number of hydrogen-bond donors (Lipinski definition) is 2. The van der Waals surface area contributed by atoms with Crippen molar-refractivity contribution < 1.29 is 0 Å². The lowest BCUT2D eigenvalue weighted by atomic mass is 10.2. The maximum atomic E-state index is 4.77. The molecule has 0 radical (unpaired) electrons. The first-order valence-corrected chi connectivity index (χ1v) is 12.1. The first-order valence-electron chi connectivity index (χ1n) is 12.1. The average molecular weight is 449 g/mol. The Morgan fingerprint density at radius 3 is 2.58 bits per heavy atom. The fourth-order valence-electron chi connectivity index (χ4n) is 4.24. The highest BCUT2D eigenvalue weighted by molar-refractivity contribution is 5.80. The van der Waals surface area contributed by atoms with Crippen molar-refractivity contribution in [1.29, 1.82) is 0 Å². The van der Waals surface area contributed by atoms with E-state index < -0.39 is 0 Å². The molecule has 1 aromatic carbocycles. The Morgan fingerprint density at radius 2 is 1.76 bits per heavy atom. The topological polar surface area (TPSA) is 73.6 Å². The molecule has 8 nitrogen and oxygen atoms in total. The van der Waals surface area contributed by atoms with Crippen molar-refractivity contribution in [3.05, 3.63) is 55.0 Å². The molecule has 0 spiro atoms. The summed E-state index contributed by atoms with van der Waals surface area (Å²) in [6, 6.07) is 12.6. The van der Waals surface area contributed by atoms with E-state index in [1.165, 1.54) is 10.9 Å². The Morgan fingerprint density at radius 1 is 0.939 bits per heavy atom. The van der Waals surface area contributed by atoms with Crippen LogP contribution in [0.2, 0.25) is 0 Å². The van der Waals surface area contributed by atoms with Crippen LogP contribution in [0.4, 0.5) is 5.95 Å². The van der Waals surface area contributed by atoms with Crippen molar-refractivity contribution in [2.45, 2.75) is 26.3 Å². The molecule has 0 amide bonds. The Balaban J connectivity index is 1.13. The van der Waals surface area contributed by atoms with Gasteiger partial charge in [-0.1, -0.05) is 18.2 Å². The van der Waals surface area contributed by atoms with Gasteiger partial charge in [-0.05, 0) is 49.9 Å². The van der Waals surface area contributed by atoms with Crippen LogP contribution in [0.3, 0.4) is 0 Å². The first kappa shape index (κ1) is 23.0. The van der Waals surface area contributed by atoms with Crippen molar-refractivity contribution in [2.24, 2.45) is 4.99 Å². The van der Waals surface area contributed by atoms with E-state index >= 15 is 0 Å². The molecule has 3 aromatic rings. The minimum atomic E-state index is 0.811. The van der Waals surface area contributed by atoms with Crippen molar-refractivity contribution in [3.8, 4) is 0 Å². The van der Waals surface area contributed by atoms with E-state index in [0.717, 1.165) is 83.7 Å². The van der Waals surface area contributed by atoms with Crippen molar-refractivity contribution >= 4 is 22.8 Å². The summed E-state index contributed by atoms with van der Waals surface area (Å²) >= 11 is 0. The smallest absolute Gasteiger partial charge is 0.225 e. The van der Waals surface area contributed by atoms with E-state index in [1.807, 2.05) is 18.5 Å². The van der Waals surface area contributed by atoms with Crippen LogP contribution < -0.4 is 15.5 Å². The summed E-state index contributed by atoms with van der Waals surface area (Å²) in [5.41, 5.74) is 1.30. The zero-order chi connectivity index (χ0) is 22.7. The third-order valence-corrected chi connectivity index (χ3v) is 6.00. The van der Waals surface area contributed by atoms with Gasteiger partial charge in [0.05, 0.1) is 0 Å². The van der Waals surface area contributed by atoms with Gasteiger partial charge >= 0.3 is 0 Å². The maximum Gasteiger partial charge on any atom is 0.225 e. The summed E-state index contributed by atoms with van der Waals surface area (Å²) in [6.45, 7) is 10.9. The predicted octanol–water partition coefficient (Wildman–Crippen LogP) is 2.59. The van der Waals surface area contributed by atoms with Crippen LogP contribution in [-0.4, -0.2) is 77.8 Å². The first-order chi connectivity index (χ1) is 16.3. The molecule has 0 unspecified atom stereocenters. The Kier molecular flexibility index (Phi) is 8.52. The van der Waals surface area contributed by atoms with Crippen LogP contribution in [0.1, 0.15) is 19.8 Å². The molecule has 0 aliphatic carbocycles. The number of aromatic nitrogens is 3. The fraction of sp³-hybridized carbons (Fsp3) is 0.480. The highest BCUT2D eigenvalue weighted by atomic mass is 15.3. The zero-order valence-electron chi connectivity index (χ0n) is 19.7. The normalized spacial score (nSPS) is 15.2. The average Bonchev–Trinajstić information content (AvgIpc) is 3.28. The van der Waals surface area contributed by atoms with Crippen LogP contribution in [0.25, 0.3) is 10.9 Å². The molecule has 1 aliphatic rings. The number of rotatable bonds is 10. The Labute approximate surface area is 196 Å². The number of para-hydroxylation sites is 1. The second-order valence-corrected chi connectivity index (χ2v) is 8.34. The molecule has 1 aliphatic heterocycles. The van der Waals surface area contributed by atoms with E-state index in [1.54, 1.807) is 0 Å². The molecular formula is C25H36N8. The summed E-state index contributed by atoms with van der Waals surface area (Å²) in [5.74, 6) is 1.76. The van der Waals surface area contributed by atoms with Crippen LogP contribution in [0.5, 0.6) is 0 Å². The maximum absolute atomic E-state index is 4.77.